The van der Waals surface area contributed by atoms with Crippen molar-refractivity contribution in [2.75, 3.05) is 7.05 Å². The van der Waals surface area contributed by atoms with Gasteiger partial charge in [-0.1, -0.05) is 18.2 Å². The van der Waals surface area contributed by atoms with E-state index >= 15 is 0 Å². The zero-order chi connectivity index (χ0) is 15.8. The second-order valence-electron chi connectivity index (χ2n) is 7.79. The Kier molecular flexibility index (Phi) is 4.51. The molecule has 0 radical (unpaired) electrons. The summed E-state index contributed by atoms with van der Waals surface area (Å²) in [5, 5.41) is 3.54. The Morgan fingerprint density at radius 1 is 1.19 bits per heavy atom. The molecule has 1 aromatic carbocycles. The fourth-order valence-corrected chi connectivity index (χ4v) is 3.86. The largest absolute Gasteiger partial charge is 0.369 e. The fraction of sp³-hybridized carbons (Fsp3) is 0.684. The van der Waals surface area contributed by atoms with E-state index in [1.807, 2.05) is 0 Å². The molecule has 21 heavy (non-hydrogen) atoms. The van der Waals surface area contributed by atoms with Gasteiger partial charge in [0.2, 0.25) is 0 Å². The molecule has 2 rings (SSSR count). The smallest absolute Gasteiger partial charge is 0.0677 e. The number of aryl methyl sites for hydroxylation is 2. The summed E-state index contributed by atoms with van der Waals surface area (Å²) in [6.45, 7) is 13.2. The number of nitrogens with one attached hydrogen (secondary N) is 1. The molecule has 0 amide bonds. The molecule has 118 valence electrons. The molecular formula is C19H31NO. The molecule has 0 aromatic heterocycles. The van der Waals surface area contributed by atoms with Gasteiger partial charge < -0.3 is 10.1 Å². The van der Waals surface area contributed by atoms with Gasteiger partial charge in [0.15, 0.2) is 0 Å². The van der Waals surface area contributed by atoms with Crippen LogP contribution in [0.15, 0.2) is 18.2 Å². The van der Waals surface area contributed by atoms with Gasteiger partial charge in [-0.15, -0.1) is 0 Å². The molecule has 1 fully saturated rings. The number of hydrogen-bond acceptors (Lipinski definition) is 2. The first-order chi connectivity index (χ1) is 9.64. The Morgan fingerprint density at radius 3 is 2.33 bits per heavy atom. The quantitative estimate of drug-likeness (QED) is 0.903. The third kappa shape index (κ3) is 3.67. The van der Waals surface area contributed by atoms with Crippen LogP contribution in [0.25, 0.3) is 0 Å². The zero-order valence-electron chi connectivity index (χ0n) is 14.7. The van der Waals surface area contributed by atoms with E-state index in [0.717, 1.165) is 12.8 Å². The highest BCUT2D eigenvalue weighted by Gasteiger charge is 2.48. The van der Waals surface area contributed by atoms with E-state index in [1.54, 1.807) is 0 Å². The summed E-state index contributed by atoms with van der Waals surface area (Å²) in [4.78, 5) is 0. The second kappa shape index (κ2) is 5.73. The van der Waals surface area contributed by atoms with E-state index in [-0.39, 0.29) is 11.2 Å². The molecule has 0 bridgehead atoms. The van der Waals surface area contributed by atoms with Gasteiger partial charge in [-0.2, -0.15) is 0 Å². The maximum Gasteiger partial charge on any atom is 0.0677 e. The van der Waals surface area contributed by atoms with Crippen molar-refractivity contribution in [1.29, 1.82) is 0 Å². The summed E-state index contributed by atoms with van der Waals surface area (Å²) < 4.78 is 6.27. The Hall–Kier alpha value is -0.860. The monoisotopic (exact) mass is 289 g/mol. The number of hydrogen-bond donors (Lipinski definition) is 1. The van der Waals surface area contributed by atoms with Crippen LogP contribution in [-0.2, 0) is 11.2 Å². The van der Waals surface area contributed by atoms with Crippen molar-refractivity contribution in [1.82, 2.24) is 5.32 Å². The van der Waals surface area contributed by atoms with Crippen molar-refractivity contribution in [2.24, 2.45) is 5.92 Å². The van der Waals surface area contributed by atoms with Crippen LogP contribution in [0.2, 0.25) is 0 Å². The molecule has 1 aromatic rings. The van der Waals surface area contributed by atoms with Crippen LogP contribution in [0.3, 0.4) is 0 Å². The van der Waals surface area contributed by atoms with Crippen LogP contribution in [0.1, 0.15) is 50.8 Å². The summed E-state index contributed by atoms with van der Waals surface area (Å²) in [6, 6.07) is 7.27. The minimum Gasteiger partial charge on any atom is -0.369 e. The summed E-state index contributed by atoms with van der Waals surface area (Å²) in [6.07, 6.45) is 2.17. The van der Waals surface area contributed by atoms with Gasteiger partial charge in [0.05, 0.1) is 11.2 Å². The first kappa shape index (κ1) is 16.5. The SMILES string of the molecule is CNC(Cc1ccc(C)c(C)c1)C1CC(C)(C)OC1(C)C. The lowest BCUT2D eigenvalue weighted by atomic mass is 9.79. The maximum atomic E-state index is 6.27. The van der Waals surface area contributed by atoms with Crippen LogP contribution < -0.4 is 5.32 Å². The molecule has 2 atom stereocenters. The standard InChI is InChI=1S/C19H31NO/c1-13-8-9-15(10-14(13)2)11-17(20-7)16-12-18(3,4)21-19(16,5)6/h8-10,16-17,20H,11-12H2,1-7H3. The molecule has 1 aliphatic heterocycles. The minimum absolute atomic E-state index is 0.0214. The molecule has 0 aliphatic carbocycles. The summed E-state index contributed by atoms with van der Waals surface area (Å²) in [5.74, 6) is 0.527. The lowest BCUT2D eigenvalue weighted by Crippen LogP contribution is -2.44. The third-order valence-electron chi connectivity index (χ3n) is 5.03. The number of likely N-dealkylation sites (N-methyl/N-ethyl adjacent to an activating group) is 1. The first-order valence-corrected chi connectivity index (χ1v) is 8.08. The Balaban J connectivity index is 2.18. The second-order valence-corrected chi connectivity index (χ2v) is 7.79. The minimum atomic E-state index is -0.0725. The van der Waals surface area contributed by atoms with Gasteiger partial charge in [-0.3, -0.25) is 0 Å². The Morgan fingerprint density at radius 2 is 1.86 bits per heavy atom. The van der Waals surface area contributed by atoms with E-state index in [9.17, 15) is 0 Å². The maximum absolute atomic E-state index is 6.27. The molecule has 1 aliphatic rings. The lowest BCUT2D eigenvalue weighted by Gasteiger charge is -2.33. The molecule has 1 N–H and O–H groups in total. The Bertz CT molecular complexity index is 504. The van der Waals surface area contributed by atoms with Crippen molar-refractivity contribution in [2.45, 2.75) is 71.6 Å². The Labute approximate surface area is 130 Å². The van der Waals surface area contributed by atoms with E-state index in [2.05, 4.69) is 72.1 Å². The molecule has 2 unspecified atom stereocenters. The highest BCUT2D eigenvalue weighted by Crippen LogP contribution is 2.44. The van der Waals surface area contributed by atoms with E-state index in [1.165, 1.54) is 16.7 Å². The average Bonchev–Trinajstić information content (AvgIpc) is 2.58. The van der Waals surface area contributed by atoms with Gasteiger partial charge >= 0.3 is 0 Å². The number of rotatable bonds is 4. The van der Waals surface area contributed by atoms with Gasteiger partial charge in [-0.05, 0) is 78.1 Å². The predicted molar refractivity (Wildman–Crippen MR) is 89.8 cm³/mol. The predicted octanol–water partition coefficient (Wildman–Crippen LogP) is 4.03. The highest BCUT2D eigenvalue weighted by molar-refractivity contribution is 5.30. The van der Waals surface area contributed by atoms with Gasteiger partial charge in [0, 0.05) is 12.0 Å². The van der Waals surface area contributed by atoms with Gasteiger partial charge in [0.1, 0.15) is 0 Å². The molecule has 1 saturated heterocycles. The average molecular weight is 289 g/mol. The topological polar surface area (TPSA) is 21.3 Å². The molecule has 2 nitrogen and oxygen atoms in total. The van der Waals surface area contributed by atoms with Gasteiger partial charge in [0.25, 0.3) is 0 Å². The molecule has 0 spiro atoms. The zero-order valence-corrected chi connectivity index (χ0v) is 14.7. The van der Waals surface area contributed by atoms with E-state index in [0.29, 0.717) is 12.0 Å². The van der Waals surface area contributed by atoms with Crippen LogP contribution in [0, 0.1) is 19.8 Å². The fourth-order valence-electron chi connectivity index (χ4n) is 3.86. The van der Waals surface area contributed by atoms with Crippen molar-refractivity contribution >= 4 is 0 Å². The summed E-state index contributed by atoms with van der Waals surface area (Å²) in [5.41, 5.74) is 4.07. The summed E-state index contributed by atoms with van der Waals surface area (Å²) >= 11 is 0. The first-order valence-electron chi connectivity index (χ1n) is 8.08. The van der Waals surface area contributed by atoms with Crippen LogP contribution >= 0.6 is 0 Å². The molecule has 2 heteroatoms. The molecular weight excluding hydrogens is 258 g/mol. The van der Waals surface area contributed by atoms with Crippen molar-refractivity contribution < 1.29 is 4.74 Å². The van der Waals surface area contributed by atoms with Crippen LogP contribution in [-0.4, -0.2) is 24.3 Å². The number of benzene rings is 1. The van der Waals surface area contributed by atoms with Crippen LogP contribution in [0.4, 0.5) is 0 Å². The lowest BCUT2D eigenvalue weighted by molar-refractivity contribution is -0.0774. The van der Waals surface area contributed by atoms with E-state index in [4.69, 9.17) is 4.74 Å². The third-order valence-corrected chi connectivity index (χ3v) is 5.03. The van der Waals surface area contributed by atoms with E-state index < -0.39 is 0 Å². The normalized spacial score (nSPS) is 25.0. The summed E-state index contributed by atoms with van der Waals surface area (Å²) in [7, 11) is 2.08. The molecule has 1 heterocycles. The number of ether oxygens (including phenoxy) is 1. The highest BCUT2D eigenvalue weighted by atomic mass is 16.5. The van der Waals surface area contributed by atoms with Crippen LogP contribution in [0.5, 0.6) is 0 Å². The van der Waals surface area contributed by atoms with Gasteiger partial charge in [-0.25, -0.2) is 0 Å². The van der Waals surface area contributed by atoms with Crippen molar-refractivity contribution in [3.63, 3.8) is 0 Å². The van der Waals surface area contributed by atoms with Crippen molar-refractivity contribution in [3.8, 4) is 0 Å². The molecule has 0 saturated carbocycles. The van der Waals surface area contributed by atoms with Crippen molar-refractivity contribution in [3.05, 3.63) is 34.9 Å².